The molecule has 2 heterocycles. The number of hydrogen-bond donors (Lipinski definition) is 0. The van der Waals surface area contributed by atoms with Crippen LogP contribution >= 0.6 is 11.3 Å². The van der Waals surface area contributed by atoms with E-state index in [2.05, 4.69) is 4.98 Å². The highest BCUT2D eigenvalue weighted by atomic mass is 32.1. The summed E-state index contributed by atoms with van der Waals surface area (Å²) in [6.45, 7) is 2.99. The van der Waals surface area contributed by atoms with Crippen LogP contribution in [0.2, 0.25) is 0 Å². The molecular formula is C15H15F4N3S. The molecule has 3 rings (SSSR count). The van der Waals surface area contributed by atoms with E-state index in [0.29, 0.717) is 43.4 Å². The Labute approximate surface area is 135 Å². The van der Waals surface area contributed by atoms with E-state index in [1.807, 2.05) is 9.80 Å². The summed E-state index contributed by atoms with van der Waals surface area (Å²) in [5.41, 5.74) is -0.261. The molecule has 0 unspecified atom stereocenters. The Bertz CT molecular complexity index is 663. The maximum atomic E-state index is 13.8. The van der Waals surface area contributed by atoms with Crippen molar-refractivity contribution in [3.63, 3.8) is 0 Å². The van der Waals surface area contributed by atoms with Crippen LogP contribution in [0.15, 0.2) is 29.6 Å². The van der Waals surface area contributed by atoms with Gasteiger partial charge in [0.1, 0.15) is 10.8 Å². The fourth-order valence-electron chi connectivity index (χ4n) is 2.56. The lowest BCUT2D eigenvalue weighted by Crippen LogP contribution is -2.46. The number of rotatable bonds is 3. The van der Waals surface area contributed by atoms with Gasteiger partial charge in [-0.2, -0.15) is 13.2 Å². The van der Waals surface area contributed by atoms with Crippen LogP contribution in [0, 0.1) is 5.82 Å². The summed E-state index contributed by atoms with van der Waals surface area (Å²) < 4.78 is 51.4. The lowest BCUT2D eigenvalue weighted by atomic mass is 10.2. The Morgan fingerprint density at radius 1 is 1.09 bits per heavy atom. The maximum absolute atomic E-state index is 13.8. The molecule has 0 spiro atoms. The summed E-state index contributed by atoms with van der Waals surface area (Å²) in [5, 5.41) is 1.50. The van der Waals surface area contributed by atoms with Crippen molar-refractivity contribution in [2.45, 2.75) is 12.7 Å². The van der Waals surface area contributed by atoms with Crippen LogP contribution in [-0.4, -0.2) is 36.1 Å². The van der Waals surface area contributed by atoms with Crippen LogP contribution in [0.1, 0.15) is 10.7 Å². The molecule has 0 saturated carbocycles. The number of hydrogen-bond acceptors (Lipinski definition) is 4. The van der Waals surface area contributed by atoms with Gasteiger partial charge >= 0.3 is 6.18 Å². The van der Waals surface area contributed by atoms with E-state index in [4.69, 9.17) is 0 Å². The van der Waals surface area contributed by atoms with Crippen LogP contribution in [-0.2, 0) is 12.7 Å². The van der Waals surface area contributed by atoms with E-state index in [0.717, 1.165) is 16.7 Å². The molecule has 8 heteroatoms. The lowest BCUT2D eigenvalue weighted by molar-refractivity contribution is -0.140. The van der Waals surface area contributed by atoms with Crippen LogP contribution in [0.5, 0.6) is 0 Å². The van der Waals surface area contributed by atoms with Crippen molar-refractivity contribution in [1.82, 2.24) is 9.88 Å². The monoisotopic (exact) mass is 345 g/mol. The quantitative estimate of drug-likeness (QED) is 0.792. The van der Waals surface area contributed by atoms with E-state index < -0.39 is 11.9 Å². The molecule has 0 aliphatic carbocycles. The number of nitrogens with zero attached hydrogens (tertiary/aromatic N) is 3. The van der Waals surface area contributed by atoms with E-state index in [1.165, 1.54) is 6.07 Å². The molecule has 1 aliphatic heterocycles. The molecule has 0 bridgehead atoms. The minimum atomic E-state index is -4.39. The number of benzene rings is 1. The number of thiazole rings is 1. The largest absolute Gasteiger partial charge is 0.434 e. The average Bonchev–Trinajstić information content (AvgIpc) is 2.97. The number of para-hydroxylation sites is 1. The van der Waals surface area contributed by atoms with Gasteiger partial charge < -0.3 is 4.90 Å². The molecule has 0 amide bonds. The van der Waals surface area contributed by atoms with Gasteiger partial charge in [-0.1, -0.05) is 12.1 Å². The molecule has 3 nitrogen and oxygen atoms in total. The van der Waals surface area contributed by atoms with Crippen LogP contribution in [0.4, 0.5) is 23.2 Å². The van der Waals surface area contributed by atoms with Crippen LogP contribution in [0.3, 0.4) is 0 Å². The molecular weight excluding hydrogens is 330 g/mol. The van der Waals surface area contributed by atoms with Gasteiger partial charge in [0.15, 0.2) is 5.69 Å². The average molecular weight is 345 g/mol. The summed E-state index contributed by atoms with van der Waals surface area (Å²) in [6, 6.07) is 6.60. The summed E-state index contributed by atoms with van der Waals surface area (Å²) in [7, 11) is 0. The summed E-state index contributed by atoms with van der Waals surface area (Å²) in [4.78, 5) is 7.64. The number of aromatic nitrogens is 1. The van der Waals surface area contributed by atoms with Gasteiger partial charge in [-0.05, 0) is 12.1 Å². The standard InChI is InChI=1S/C15H15F4N3S/c16-11-3-1-2-4-12(11)22-7-5-21(6-8-22)9-14-20-13(10-23-14)15(17,18)19/h1-4,10H,5-9H2. The minimum Gasteiger partial charge on any atom is -0.367 e. The predicted molar refractivity (Wildman–Crippen MR) is 81.0 cm³/mol. The first-order valence-electron chi connectivity index (χ1n) is 7.17. The molecule has 1 aromatic heterocycles. The number of alkyl halides is 3. The van der Waals surface area contributed by atoms with Crippen molar-refractivity contribution in [1.29, 1.82) is 0 Å². The zero-order valence-corrected chi connectivity index (χ0v) is 13.0. The highest BCUT2D eigenvalue weighted by Gasteiger charge is 2.33. The molecule has 124 valence electrons. The summed E-state index contributed by atoms with van der Waals surface area (Å²) in [6.07, 6.45) is -4.39. The summed E-state index contributed by atoms with van der Waals surface area (Å²) >= 11 is 1.02. The fourth-order valence-corrected chi connectivity index (χ4v) is 3.40. The van der Waals surface area contributed by atoms with Gasteiger partial charge in [0.2, 0.25) is 0 Å². The van der Waals surface area contributed by atoms with Gasteiger partial charge in [0.05, 0.1) is 12.2 Å². The lowest BCUT2D eigenvalue weighted by Gasteiger charge is -2.35. The number of piperazine rings is 1. The van der Waals surface area contributed by atoms with Gasteiger partial charge in [-0.15, -0.1) is 11.3 Å². The Morgan fingerprint density at radius 3 is 2.39 bits per heavy atom. The molecule has 2 aromatic rings. The van der Waals surface area contributed by atoms with E-state index in [9.17, 15) is 17.6 Å². The van der Waals surface area contributed by atoms with Crippen molar-refractivity contribution in [2.24, 2.45) is 0 Å². The third kappa shape index (κ3) is 3.81. The smallest absolute Gasteiger partial charge is 0.367 e. The second kappa shape index (κ2) is 6.45. The van der Waals surface area contributed by atoms with Crippen molar-refractivity contribution in [2.75, 3.05) is 31.1 Å². The Balaban J connectivity index is 1.57. The van der Waals surface area contributed by atoms with E-state index in [1.54, 1.807) is 18.2 Å². The molecule has 23 heavy (non-hydrogen) atoms. The van der Waals surface area contributed by atoms with Crippen LogP contribution in [0.25, 0.3) is 0 Å². The van der Waals surface area contributed by atoms with E-state index in [-0.39, 0.29) is 5.82 Å². The molecule has 1 aliphatic rings. The highest BCUT2D eigenvalue weighted by molar-refractivity contribution is 7.09. The normalized spacial score (nSPS) is 16.8. The number of halogens is 4. The van der Waals surface area contributed by atoms with E-state index >= 15 is 0 Å². The molecule has 1 fully saturated rings. The molecule has 1 aromatic carbocycles. The topological polar surface area (TPSA) is 19.4 Å². The third-order valence-corrected chi connectivity index (χ3v) is 4.60. The number of anilines is 1. The molecule has 0 N–H and O–H groups in total. The van der Waals surface area contributed by atoms with Gasteiger partial charge in [-0.25, -0.2) is 9.37 Å². The zero-order valence-electron chi connectivity index (χ0n) is 12.2. The Hall–Kier alpha value is -1.67. The van der Waals surface area contributed by atoms with Gasteiger partial charge in [0, 0.05) is 31.6 Å². The van der Waals surface area contributed by atoms with Crippen molar-refractivity contribution in [3.8, 4) is 0 Å². The first-order chi connectivity index (χ1) is 10.9. The van der Waals surface area contributed by atoms with Crippen molar-refractivity contribution < 1.29 is 17.6 Å². The molecule has 0 atom stereocenters. The van der Waals surface area contributed by atoms with Gasteiger partial charge in [0.25, 0.3) is 0 Å². The first-order valence-corrected chi connectivity index (χ1v) is 8.05. The van der Waals surface area contributed by atoms with Crippen molar-refractivity contribution in [3.05, 3.63) is 46.2 Å². The minimum absolute atomic E-state index is 0.254. The maximum Gasteiger partial charge on any atom is 0.434 e. The highest BCUT2D eigenvalue weighted by Crippen LogP contribution is 2.30. The molecule has 0 radical (unpaired) electrons. The Morgan fingerprint density at radius 2 is 1.78 bits per heavy atom. The second-order valence-electron chi connectivity index (χ2n) is 5.34. The Kier molecular flexibility index (Phi) is 4.54. The molecule has 1 saturated heterocycles. The zero-order chi connectivity index (χ0) is 16.4. The summed E-state index contributed by atoms with van der Waals surface area (Å²) in [5.74, 6) is -0.254. The third-order valence-electron chi connectivity index (χ3n) is 3.77. The van der Waals surface area contributed by atoms with Gasteiger partial charge in [-0.3, -0.25) is 4.90 Å². The predicted octanol–water partition coefficient (Wildman–Crippen LogP) is 3.62. The SMILES string of the molecule is Fc1ccccc1N1CCN(Cc2nc(C(F)(F)F)cs2)CC1. The first kappa shape index (κ1) is 16.2. The van der Waals surface area contributed by atoms with Crippen molar-refractivity contribution >= 4 is 17.0 Å². The second-order valence-corrected chi connectivity index (χ2v) is 6.28. The van der Waals surface area contributed by atoms with Crippen LogP contribution < -0.4 is 4.90 Å². The fraction of sp³-hybridized carbons (Fsp3) is 0.400.